The summed E-state index contributed by atoms with van der Waals surface area (Å²) in [5.41, 5.74) is 0. The monoisotopic (exact) mass is 796 g/mol. The average Bonchev–Trinajstić information content (AvgIpc) is 1.62. The Morgan fingerprint density at radius 1 is 0.269 bits per heavy atom. The van der Waals surface area contributed by atoms with E-state index in [0.717, 1.165) is 0 Å². The smallest absolute Gasteiger partial charge is 0 e. The van der Waals surface area contributed by atoms with Gasteiger partial charge in [0.15, 0.2) is 69.4 Å². The summed E-state index contributed by atoms with van der Waals surface area (Å²) in [5.74, 6) is 0. The van der Waals surface area contributed by atoms with Gasteiger partial charge in [-0.2, -0.15) is 0 Å². The molecule has 26 heavy (non-hydrogen) atoms. The minimum Gasteiger partial charge on any atom is 0 e. The number of hydrogen-bond donors (Lipinski definition) is 16. The van der Waals surface area contributed by atoms with Crippen molar-refractivity contribution in [2.24, 2.45) is 0 Å². The Morgan fingerprint density at radius 2 is 0.269 bits per heavy atom. The van der Waals surface area contributed by atoms with Crippen molar-refractivity contribution in [1.29, 1.82) is 0 Å². The van der Waals surface area contributed by atoms with E-state index in [9.17, 15) is 0 Å². The summed E-state index contributed by atoms with van der Waals surface area (Å²) in [7, 11) is 0. The third-order valence-electron chi connectivity index (χ3n) is 0. The summed E-state index contributed by atoms with van der Waals surface area (Å²) < 4.78 is 118. The van der Waals surface area contributed by atoms with Gasteiger partial charge in [0, 0.05) is 26.2 Å². The molecule has 16 N–H and O–H groups in total. The van der Waals surface area contributed by atoms with Gasteiger partial charge in [-0.25, -0.2) is 0 Å². The molecular weight excluding hydrogens is 765 g/mol. The Morgan fingerprint density at radius 3 is 0.269 bits per heavy atom. The van der Waals surface area contributed by atoms with Crippen molar-refractivity contribution in [3.05, 3.63) is 0 Å². The molecule has 0 saturated heterocycles. The van der Waals surface area contributed by atoms with Crippen molar-refractivity contribution in [2.45, 2.75) is 0 Å². The molecular formula is H30Al4O16SnTi4Zr. The van der Waals surface area contributed by atoms with Crippen LogP contribution in [0.25, 0.3) is 0 Å². The Balaban J connectivity index is -0.0000000152. The minimum absolute atomic E-state index is 0. The van der Waals surface area contributed by atoms with Crippen LogP contribution in [0.2, 0.25) is 0 Å². The van der Waals surface area contributed by atoms with Gasteiger partial charge < -0.3 is 0 Å². The summed E-state index contributed by atoms with van der Waals surface area (Å²) in [6, 6.07) is 0. The largest absolute Gasteiger partial charge is 0 e. The average molecular weight is 796 g/mol. The number of rotatable bonds is 0. The van der Waals surface area contributed by atoms with Crippen LogP contribution in [0.1, 0.15) is 0 Å². The third kappa shape index (κ3) is 696. The van der Waals surface area contributed by atoms with Crippen LogP contribution < -0.4 is 0 Å². The predicted molar refractivity (Wildman–Crippen MR) is 83.8 cm³/mol. The number of hydrogen-bond acceptors (Lipinski definition) is 16. The quantitative estimate of drug-likeness (QED) is 0.101. The molecule has 0 rings (SSSR count). The fourth-order valence-electron chi connectivity index (χ4n) is 0. The first-order valence-corrected chi connectivity index (χ1v) is 14.8. The standard InChI is InChI=1S/4Al.16H2O.Sn.4Ti.Zr.14H/h;;;;16*1H2;;;;;;;;;;;;;;;;;;;;/q;;;;;;;;;;;;;;;;;;;;;4*+4;;;;;;;;;;;;;;;/p-16. The molecule has 0 fully saturated rings. The van der Waals surface area contributed by atoms with E-state index in [1.807, 2.05) is 0 Å². The Labute approximate surface area is 246 Å². The van der Waals surface area contributed by atoms with Crippen LogP contribution >= 0.6 is 0 Å². The first-order chi connectivity index (χ1) is 8.00. The van der Waals surface area contributed by atoms with Gasteiger partial charge in [0.05, 0.1) is 0 Å². The van der Waals surface area contributed by atoms with E-state index >= 15 is 0 Å². The summed E-state index contributed by atoms with van der Waals surface area (Å²) in [6.07, 6.45) is 0. The second-order valence-electron chi connectivity index (χ2n) is 2.40. The Bertz CT molecular complexity index is 152. The SMILES string of the molecule is [AlH3].[AlH3].[AlH3].[AlH3].[OH][Ti]([OH])([OH])[OH].[OH][Ti]([OH])([OH])[OH].[OH][Ti]([OH])([OH])[OH].[OH][Ti]([OH])([OH])[OH].[SnH2].[Zr]. The molecule has 26 heteroatoms. The maximum absolute atomic E-state index is 7.38. The van der Waals surface area contributed by atoms with Crippen LogP contribution in [0.15, 0.2) is 0 Å². The van der Waals surface area contributed by atoms with Crippen LogP contribution in [-0.4, -0.2) is 152 Å². The van der Waals surface area contributed by atoms with E-state index in [1.165, 1.54) is 0 Å². The van der Waals surface area contributed by atoms with Gasteiger partial charge >= 0.3 is 155 Å². The van der Waals surface area contributed by atoms with Crippen LogP contribution in [0.5, 0.6) is 0 Å². The fourth-order valence-corrected chi connectivity index (χ4v) is 0. The minimum atomic E-state index is -5.00. The predicted octanol–water partition coefficient (Wildman–Crippen LogP) is -14.6. The fraction of sp³-hybridized carbons (Fsp3) is 0. The summed E-state index contributed by atoms with van der Waals surface area (Å²) in [4.78, 5) is 0. The molecule has 0 saturated carbocycles. The summed E-state index contributed by atoms with van der Waals surface area (Å²) in [5, 5.41) is 0. The van der Waals surface area contributed by atoms with E-state index in [4.69, 9.17) is 59.0 Å². The molecule has 0 aromatic rings. The molecule has 162 valence electrons. The second kappa shape index (κ2) is 31.0. The van der Waals surface area contributed by atoms with Crippen LogP contribution in [0.4, 0.5) is 0 Å². The molecule has 0 aliphatic carbocycles. The Hall–Kier alpha value is 6.03. The van der Waals surface area contributed by atoms with E-state index in [1.54, 1.807) is 0 Å². The molecule has 0 spiro atoms. The maximum Gasteiger partial charge on any atom is 0 e. The first kappa shape index (κ1) is 63.5. The first-order valence-electron chi connectivity index (χ1n) is 3.58. The van der Waals surface area contributed by atoms with Crippen molar-refractivity contribution in [1.82, 2.24) is 0 Å². The molecule has 0 aliphatic heterocycles. The topological polar surface area (TPSA) is 324 Å². The molecule has 16 nitrogen and oxygen atoms in total. The molecule has 0 bridgehead atoms. The Kier molecular flexibility index (Phi) is 75.8. The zero-order chi connectivity index (χ0) is 18.0. The molecule has 0 aromatic heterocycles. The van der Waals surface area contributed by atoms with Crippen LogP contribution in [-0.2, 0) is 98.8 Å². The van der Waals surface area contributed by atoms with E-state index < -0.39 is 72.6 Å². The van der Waals surface area contributed by atoms with Gasteiger partial charge in [-0.05, 0) is 0 Å². The van der Waals surface area contributed by atoms with Crippen LogP contribution in [0.3, 0.4) is 0 Å². The van der Waals surface area contributed by atoms with Gasteiger partial charge in [-0.15, -0.1) is 0 Å². The third-order valence-corrected chi connectivity index (χ3v) is 0. The van der Waals surface area contributed by atoms with E-state index in [2.05, 4.69) is 0 Å². The molecule has 0 heterocycles. The molecule has 0 amide bonds. The van der Waals surface area contributed by atoms with Crippen molar-refractivity contribution >= 4 is 93.4 Å². The summed E-state index contributed by atoms with van der Waals surface area (Å²) in [6.45, 7) is 0. The molecule has 0 aromatic carbocycles. The summed E-state index contributed by atoms with van der Waals surface area (Å²) >= 11 is -20.0. The van der Waals surface area contributed by atoms with Gasteiger partial charge in [0.25, 0.3) is 0 Å². The van der Waals surface area contributed by atoms with Crippen molar-refractivity contribution in [3.8, 4) is 0 Å². The zero-order valence-electron chi connectivity index (χ0n) is 10.4. The molecule has 0 atom stereocenters. The van der Waals surface area contributed by atoms with Gasteiger partial charge in [-0.1, -0.05) is 0 Å². The normalized spacial score (nSPS) is 9.23. The molecule has 2 radical (unpaired) electrons. The van der Waals surface area contributed by atoms with Gasteiger partial charge in [0.1, 0.15) is 0 Å². The maximum atomic E-state index is 7.38. The molecule has 0 unspecified atom stereocenters. The van der Waals surface area contributed by atoms with Crippen molar-refractivity contribution in [3.63, 3.8) is 0 Å². The van der Waals surface area contributed by atoms with Gasteiger partial charge in [-0.3, -0.25) is 0 Å². The van der Waals surface area contributed by atoms with E-state index in [0.29, 0.717) is 0 Å². The zero-order valence-corrected chi connectivity index (χ0v) is 23.1. The van der Waals surface area contributed by atoms with Crippen molar-refractivity contribution in [2.75, 3.05) is 0 Å². The van der Waals surface area contributed by atoms with Crippen molar-refractivity contribution < 1.29 is 158 Å². The van der Waals surface area contributed by atoms with Gasteiger partial charge in [0.2, 0.25) is 0 Å². The van der Waals surface area contributed by atoms with Crippen LogP contribution in [0, 0.1) is 0 Å². The molecule has 0 aliphatic rings. The second-order valence-corrected chi connectivity index (χ2v) is 9.90. The van der Waals surface area contributed by atoms with E-state index in [-0.39, 0.29) is 120 Å².